The van der Waals surface area contributed by atoms with E-state index in [0.29, 0.717) is 16.2 Å². The van der Waals surface area contributed by atoms with Gasteiger partial charge < -0.3 is 15.0 Å². The molecule has 0 aliphatic rings. The van der Waals surface area contributed by atoms with Crippen LogP contribution in [-0.4, -0.2) is 31.0 Å². The molecule has 0 fully saturated rings. The molecule has 5 nitrogen and oxygen atoms in total. The van der Waals surface area contributed by atoms with Gasteiger partial charge in [-0.1, -0.05) is 4.86 Å². The highest BCUT2D eigenvalue weighted by atomic mass is 16.5. The van der Waals surface area contributed by atoms with E-state index in [2.05, 4.69) is 42.6 Å². The molecular weight excluding hydrogens is 312 g/mol. The molecule has 2 aromatic rings. The van der Waals surface area contributed by atoms with E-state index < -0.39 is 0 Å². The Balaban J connectivity index is 2.15. The van der Waals surface area contributed by atoms with Gasteiger partial charge in [-0.15, -0.1) is 0 Å². The molecule has 0 saturated heterocycles. The number of hydrogen-bond acceptors (Lipinski definition) is 4. The zero-order valence-electron chi connectivity index (χ0n) is 15.6. The summed E-state index contributed by atoms with van der Waals surface area (Å²) in [5.74, 6) is 0. The van der Waals surface area contributed by atoms with E-state index in [4.69, 9.17) is 0 Å². The van der Waals surface area contributed by atoms with Crippen molar-refractivity contribution in [2.24, 2.45) is 5.11 Å². The maximum atomic E-state index is 12.3. The van der Waals surface area contributed by atoms with Crippen LogP contribution in [0.2, 0.25) is 0 Å². The zero-order chi connectivity index (χ0) is 18.2. The van der Waals surface area contributed by atoms with Crippen LogP contribution >= 0.6 is 0 Å². The van der Waals surface area contributed by atoms with Gasteiger partial charge in [0, 0.05) is 54.8 Å². The second-order valence-electron chi connectivity index (χ2n) is 5.75. The molecule has 2 aromatic carbocycles. The van der Waals surface area contributed by atoms with Crippen LogP contribution in [0, 0.1) is 5.21 Å². The Hall–Kier alpha value is -2.56. The summed E-state index contributed by atoms with van der Waals surface area (Å²) in [4.78, 5) is 5.17. The van der Waals surface area contributed by atoms with Gasteiger partial charge in [0.25, 0.3) is 0 Å². The molecule has 0 atom stereocenters. The summed E-state index contributed by atoms with van der Waals surface area (Å²) in [6.45, 7) is 12.3. The standard InChI is InChI=1S/C20H28N4O/c1-5-22(6-2)18-11-9-17(10-12-18)21-24(25)20-15-13-19(14-16-20)23(7-3)8-4/h9-16H,5-8H2,1-4H3. The van der Waals surface area contributed by atoms with Gasteiger partial charge in [-0.2, -0.15) is 0 Å². The van der Waals surface area contributed by atoms with Crippen molar-refractivity contribution in [3.63, 3.8) is 0 Å². The van der Waals surface area contributed by atoms with Crippen molar-refractivity contribution in [2.45, 2.75) is 27.7 Å². The average Bonchev–Trinajstić information content (AvgIpc) is 2.65. The first-order chi connectivity index (χ1) is 12.1. The van der Waals surface area contributed by atoms with Gasteiger partial charge in [0.1, 0.15) is 5.69 Å². The van der Waals surface area contributed by atoms with Crippen LogP contribution in [0.25, 0.3) is 0 Å². The van der Waals surface area contributed by atoms with E-state index in [1.165, 1.54) is 0 Å². The summed E-state index contributed by atoms with van der Waals surface area (Å²) in [6, 6.07) is 15.3. The number of hydrogen-bond donors (Lipinski definition) is 0. The summed E-state index contributed by atoms with van der Waals surface area (Å²) in [5.41, 5.74) is 3.44. The maximum Gasteiger partial charge on any atom is 0.245 e. The predicted octanol–water partition coefficient (Wildman–Crippen LogP) is 5.30. The van der Waals surface area contributed by atoms with Gasteiger partial charge in [0.15, 0.2) is 0 Å². The topological polar surface area (TPSA) is 44.9 Å². The first-order valence-corrected chi connectivity index (χ1v) is 9.01. The highest BCUT2D eigenvalue weighted by Crippen LogP contribution is 2.23. The Morgan fingerprint density at radius 3 is 1.52 bits per heavy atom. The number of anilines is 2. The quantitative estimate of drug-likeness (QED) is 0.372. The number of benzene rings is 2. The number of nitrogens with zero attached hydrogens (tertiary/aromatic N) is 4. The molecule has 0 amide bonds. The van der Waals surface area contributed by atoms with Gasteiger partial charge >= 0.3 is 0 Å². The lowest BCUT2D eigenvalue weighted by Gasteiger charge is -2.20. The molecule has 2 rings (SSSR count). The van der Waals surface area contributed by atoms with Gasteiger partial charge in [0.05, 0.1) is 0 Å². The molecule has 0 aliphatic carbocycles. The molecule has 25 heavy (non-hydrogen) atoms. The largest absolute Gasteiger partial charge is 0.594 e. The summed E-state index contributed by atoms with van der Waals surface area (Å²) in [7, 11) is 0. The predicted molar refractivity (Wildman–Crippen MR) is 105 cm³/mol. The van der Waals surface area contributed by atoms with Crippen molar-refractivity contribution in [1.29, 1.82) is 0 Å². The fourth-order valence-electron chi connectivity index (χ4n) is 2.86. The van der Waals surface area contributed by atoms with Crippen molar-refractivity contribution in [3.05, 3.63) is 53.7 Å². The highest BCUT2D eigenvalue weighted by molar-refractivity contribution is 5.53. The SMILES string of the molecule is CCN(CC)c1ccc(N=[N+]([O-])c2ccc(N(CC)CC)cc2)cc1. The molecule has 0 N–H and O–H groups in total. The van der Waals surface area contributed by atoms with Crippen molar-refractivity contribution in [2.75, 3.05) is 36.0 Å². The molecule has 0 unspecified atom stereocenters. The van der Waals surface area contributed by atoms with E-state index in [1.807, 2.05) is 48.5 Å². The molecule has 134 valence electrons. The van der Waals surface area contributed by atoms with Crippen LogP contribution in [0.4, 0.5) is 22.7 Å². The molecule has 0 bridgehead atoms. The Kier molecular flexibility index (Phi) is 6.81. The van der Waals surface area contributed by atoms with Gasteiger partial charge in [-0.05, 0) is 64.1 Å². The van der Waals surface area contributed by atoms with Crippen molar-refractivity contribution >= 4 is 22.7 Å². The van der Waals surface area contributed by atoms with Crippen LogP contribution in [0.1, 0.15) is 27.7 Å². The first-order valence-electron chi connectivity index (χ1n) is 9.01. The summed E-state index contributed by atoms with van der Waals surface area (Å²) < 4.78 is 0. The molecule has 0 spiro atoms. The van der Waals surface area contributed by atoms with Crippen LogP contribution in [0.3, 0.4) is 0 Å². The average molecular weight is 340 g/mol. The molecule has 5 heteroatoms. The third-order valence-corrected chi connectivity index (χ3v) is 4.38. The van der Waals surface area contributed by atoms with Crippen molar-refractivity contribution in [3.8, 4) is 0 Å². The Morgan fingerprint density at radius 2 is 1.12 bits per heavy atom. The lowest BCUT2D eigenvalue weighted by molar-refractivity contribution is -0.435. The minimum Gasteiger partial charge on any atom is -0.594 e. The van der Waals surface area contributed by atoms with Gasteiger partial charge in [-0.25, -0.2) is 0 Å². The normalized spacial score (nSPS) is 11.4. The first kappa shape index (κ1) is 18.8. The second-order valence-corrected chi connectivity index (χ2v) is 5.75. The molecule has 0 aromatic heterocycles. The third-order valence-electron chi connectivity index (χ3n) is 4.38. The fourth-order valence-corrected chi connectivity index (χ4v) is 2.86. The van der Waals surface area contributed by atoms with E-state index in [-0.39, 0.29) is 0 Å². The van der Waals surface area contributed by atoms with E-state index in [9.17, 15) is 5.21 Å². The van der Waals surface area contributed by atoms with Gasteiger partial charge in [-0.3, -0.25) is 0 Å². The van der Waals surface area contributed by atoms with Gasteiger partial charge in [0.2, 0.25) is 5.69 Å². The molecule has 0 saturated carbocycles. The van der Waals surface area contributed by atoms with Crippen molar-refractivity contribution < 1.29 is 4.86 Å². The molecular formula is C20H28N4O. The highest BCUT2D eigenvalue weighted by Gasteiger charge is 2.08. The summed E-state index contributed by atoms with van der Waals surface area (Å²) >= 11 is 0. The monoisotopic (exact) mass is 340 g/mol. The second kappa shape index (κ2) is 9.06. The molecule has 0 aliphatic heterocycles. The van der Waals surface area contributed by atoms with Crippen LogP contribution < -0.4 is 9.80 Å². The van der Waals surface area contributed by atoms with E-state index >= 15 is 0 Å². The lowest BCUT2D eigenvalue weighted by atomic mass is 10.2. The lowest BCUT2D eigenvalue weighted by Crippen LogP contribution is -2.21. The van der Waals surface area contributed by atoms with Crippen molar-refractivity contribution in [1.82, 2.24) is 0 Å². The van der Waals surface area contributed by atoms with Crippen LogP contribution in [0.15, 0.2) is 53.6 Å². The fraction of sp³-hybridized carbons (Fsp3) is 0.400. The molecule has 0 heterocycles. The summed E-state index contributed by atoms with van der Waals surface area (Å²) in [6.07, 6.45) is 0. The Morgan fingerprint density at radius 1 is 0.720 bits per heavy atom. The minimum absolute atomic E-state index is 0.531. The smallest absolute Gasteiger partial charge is 0.245 e. The third kappa shape index (κ3) is 4.72. The van der Waals surface area contributed by atoms with E-state index in [0.717, 1.165) is 37.6 Å². The summed E-state index contributed by atoms with van der Waals surface area (Å²) in [5, 5.41) is 16.4. The molecule has 0 radical (unpaired) electrons. The maximum absolute atomic E-state index is 12.3. The Bertz CT molecular complexity index is 672. The zero-order valence-corrected chi connectivity index (χ0v) is 15.6. The minimum atomic E-state index is 0.531. The number of rotatable bonds is 8. The van der Waals surface area contributed by atoms with Crippen LogP contribution in [-0.2, 0) is 0 Å². The van der Waals surface area contributed by atoms with E-state index in [1.54, 1.807) is 0 Å². The van der Waals surface area contributed by atoms with Crippen LogP contribution in [0.5, 0.6) is 0 Å². The number of azo groups is 1. The Labute approximate surface area is 150 Å².